The molecule has 0 aliphatic heterocycles. The predicted octanol–water partition coefficient (Wildman–Crippen LogP) is 2.51. The molecule has 0 spiro atoms. The smallest absolute Gasteiger partial charge is 0.222 e. The van der Waals surface area contributed by atoms with Gasteiger partial charge in [-0.05, 0) is 12.3 Å². The van der Waals surface area contributed by atoms with Gasteiger partial charge in [-0.3, -0.25) is 4.79 Å². The van der Waals surface area contributed by atoms with Crippen molar-refractivity contribution < 1.29 is 4.79 Å². The minimum atomic E-state index is 0.0221. The molecule has 1 atom stereocenters. The summed E-state index contributed by atoms with van der Waals surface area (Å²) in [6.45, 7) is 8.69. The van der Waals surface area contributed by atoms with Crippen molar-refractivity contribution in [3.63, 3.8) is 0 Å². The molecular weight excluding hydrogens is 186 g/mol. The summed E-state index contributed by atoms with van der Waals surface area (Å²) in [5, 5.41) is 0.0221. The van der Waals surface area contributed by atoms with E-state index in [0.717, 1.165) is 0 Å². The van der Waals surface area contributed by atoms with Gasteiger partial charge < -0.3 is 4.90 Å². The lowest BCUT2D eigenvalue weighted by molar-refractivity contribution is -0.131. The van der Waals surface area contributed by atoms with Gasteiger partial charge in [0.1, 0.15) is 0 Å². The van der Waals surface area contributed by atoms with E-state index in [0.29, 0.717) is 13.0 Å². The van der Waals surface area contributed by atoms with Crippen LogP contribution < -0.4 is 0 Å². The van der Waals surface area contributed by atoms with Gasteiger partial charge in [-0.2, -0.15) is 0 Å². The normalized spacial score (nSPS) is 14.0. The Labute approximate surface area is 86.2 Å². The van der Waals surface area contributed by atoms with E-state index in [4.69, 9.17) is 11.6 Å². The fourth-order valence-electron chi connectivity index (χ4n) is 1.07. The van der Waals surface area contributed by atoms with Crippen LogP contribution in [0.2, 0.25) is 0 Å². The van der Waals surface area contributed by atoms with Gasteiger partial charge in [0.25, 0.3) is 0 Å². The fraction of sp³-hybridized carbons (Fsp3) is 0.900. The Morgan fingerprint density at radius 2 is 1.92 bits per heavy atom. The van der Waals surface area contributed by atoms with E-state index in [9.17, 15) is 4.79 Å². The first-order valence-electron chi connectivity index (χ1n) is 4.60. The Bertz CT molecular complexity index is 172. The molecule has 13 heavy (non-hydrogen) atoms. The van der Waals surface area contributed by atoms with Crippen molar-refractivity contribution in [3.05, 3.63) is 0 Å². The van der Waals surface area contributed by atoms with Gasteiger partial charge in [0, 0.05) is 25.4 Å². The third-order valence-electron chi connectivity index (χ3n) is 1.63. The van der Waals surface area contributed by atoms with Gasteiger partial charge in [0.2, 0.25) is 5.91 Å². The van der Waals surface area contributed by atoms with Crippen LogP contribution in [-0.4, -0.2) is 29.8 Å². The topological polar surface area (TPSA) is 20.3 Å². The van der Waals surface area contributed by atoms with Crippen LogP contribution in [0.15, 0.2) is 0 Å². The molecular formula is C10H20ClNO. The molecule has 0 fully saturated rings. The Hall–Kier alpha value is -0.240. The highest BCUT2D eigenvalue weighted by molar-refractivity contribution is 6.20. The van der Waals surface area contributed by atoms with Gasteiger partial charge in [-0.25, -0.2) is 0 Å². The van der Waals surface area contributed by atoms with Crippen molar-refractivity contribution in [1.29, 1.82) is 0 Å². The van der Waals surface area contributed by atoms with E-state index >= 15 is 0 Å². The summed E-state index contributed by atoms with van der Waals surface area (Å²) in [7, 11) is 1.80. The molecule has 78 valence electrons. The molecule has 0 heterocycles. The van der Waals surface area contributed by atoms with E-state index in [1.807, 2.05) is 6.92 Å². The molecule has 0 radical (unpaired) electrons. The molecule has 0 aromatic rings. The highest BCUT2D eigenvalue weighted by atomic mass is 35.5. The van der Waals surface area contributed by atoms with Gasteiger partial charge >= 0.3 is 0 Å². The second-order valence-electron chi connectivity index (χ2n) is 4.79. The zero-order valence-electron chi connectivity index (χ0n) is 9.22. The van der Waals surface area contributed by atoms with E-state index in [2.05, 4.69) is 20.8 Å². The van der Waals surface area contributed by atoms with Gasteiger partial charge in [-0.1, -0.05) is 20.8 Å². The van der Waals surface area contributed by atoms with Crippen molar-refractivity contribution in [2.75, 3.05) is 13.6 Å². The molecule has 0 aromatic carbocycles. The first-order valence-corrected chi connectivity index (χ1v) is 5.04. The molecule has 0 saturated carbocycles. The molecule has 1 amide bonds. The molecule has 0 rings (SSSR count). The predicted molar refractivity (Wildman–Crippen MR) is 57.0 cm³/mol. The second-order valence-corrected chi connectivity index (χ2v) is 5.54. The standard InChI is InChI=1S/C10H20ClNO/c1-8(11)7-12(5)9(13)6-10(2,3)4/h8H,6-7H2,1-5H3. The fourth-order valence-corrected chi connectivity index (χ4v) is 1.27. The number of carbonyl (C=O) groups excluding carboxylic acids is 1. The Morgan fingerprint density at radius 1 is 1.46 bits per heavy atom. The molecule has 0 aliphatic carbocycles. The number of rotatable bonds is 3. The van der Waals surface area contributed by atoms with Crippen LogP contribution in [0.4, 0.5) is 0 Å². The monoisotopic (exact) mass is 205 g/mol. The largest absolute Gasteiger partial charge is 0.344 e. The van der Waals surface area contributed by atoms with Crippen LogP contribution in [0.1, 0.15) is 34.1 Å². The number of hydrogen-bond acceptors (Lipinski definition) is 1. The van der Waals surface area contributed by atoms with Gasteiger partial charge in [0.15, 0.2) is 0 Å². The second kappa shape index (κ2) is 4.85. The first-order chi connectivity index (χ1) is 5.72. The van der Waals surface area contributed by atoms with Crippen LogP contribution >= 0.6 is 11.6 Å². The average molecular weight is 206 g/mol. The van der Waals surface area contributed by atoms with E-state index < -0.39 is 0 Å². The highest BCUT2D eigenvalue weighted by Gasteiger charge is 2.19. The lowest BCUT2D eigenvalue weighted by atomic mass is 9.92. The minimum Gasteiger partial charge on any atom is -0.344 e. The van der Waals surface area contributed by atoms with Crippen molar-refractivity contribution in [2.24, 2.45) is 5.41 Å². The number of halogens is 1. The molecule has 2 nitrogen and oxygen atoms in total. The van der Waals surface area contributed by atoms with Crippen LogP contribution in [0.5, 0.6) is 0 Å². The van der Waals surface area contributed by atoms with E-state index in [1.165, 1.54) is 0 Å². The Morgan fingerprint density at radius 3 is 2.23 bits per heavy atom. The number of amides is 1. The van der Waals surface area contributed by atoms with E-state index in [1.54, 1.807) is 11.9 Å². The van der Waals surface area contributed by atoms with Gasteiger partial charge in [-0.15, -0.1) is 11.6 Å². The third kappa shape index (κ3) is 6.88. The number of alkyl halides is 1. The summed E-state index contributed by atoms with van der Waals surface area (Å²) >= 11 is 5.79. The van der Waals surface area contributed by atoms with Gasteiger partial charge in [0.05, 0.1) is 0 Å². The summed E-state index contributed by atoms with van der Waals surface area (Å²) < 4.78 is 0. The van der Waals surface area contributed by atoms with Crippen molar-refractivity contribution >= 4 is 17.5 Å². The Balaban J connectivity index is 3.97. The maximum Gasteiger partial charge on any atom is 0.222 e. The molecule has 0 saturated heterocycles. The maximum atomic E-state index is 11.6. The summed E-state index contributed by atoms with van der Waals surface area (Å²) in [6, 6.07) is 0. The number of nitrogens with zero attached hydrogens (tertiary/aromatic N) is 1. The summed E-state index contributed by atoms with van der Waals surface area (Å²) in [5.74, 6) is 0.167. The van der Waals surface area contributed by atoms with Crippen LogP contribution in [0.3, 0.4) is 0 Å². The third-order valence-corrected chi connectivity index (χ3v) is 1.77. The maximum absolute atomic E-state index is 11.6. The number of carbonyl (C=O) groups is 1. The molecule has 1 unspecified atom stereocenters. The van der Waals surface area contributed by atoms with Crippen molar-refractivity contribution in [1.82, 2.24) is 4.90 Å². The van der Waals surface area contributed by atoms with Crippen LogP contribution in [0.25, 0.3) is 0 Å². The lowest BCUT2D eigenvalue weighted by Gasteiger charge is -2.23. The minimum absolute atomic E-state index is 0.0221. The van der Waals surface area contributed by atoms with Crippen LogP contribution in [-0.2, 0) is 4.79 Å². The SMILES string of the molecule is CC(Cl)CN(C)C(=O)CC(C)(C)C. The lowest BCUT2D eigenvalue weighted by Crippen LogP contribution is -2.33. The summed E-state index contributed by atoms with van der Waals surface area (Å²) in [6.07, 6.45) is 0.576. The molecule has 0 N–H and O–H groups in total. The van der Waals surface area contributed by atoms with Crippen LogP contribution in [0, 0.1) is 5.41 Å². The van der Waals surface area contributed by atoms with Crippen molar-refractivity contribution in [2.45, 2.75) is 39.5 Å². The zero-order chi connectivity index (χ0) is 10.6. The number of hydrogen-bond donors (Lipinski definition) is 0. The molecule has 3 heteroatoms. The first kappa shape index (κ1) is 12.8. The molecule has 0 aliphatic rings. The molecule has 0 bridgehead atoms. The summed E-state index contributed by atoms with van der Waals surface area (Å²) in [5.41, 5.74) is 0.0564. The average Bonchev–Trinajstić information content (AvgIpc) is 1.81. The van der Waals surface area contributed by atoms with Crippen molar-refractivity contribution in [3.8, 4) is 0 Å². The Kier molecular flexibility index (Phi) is 4.76. The molecule has 0 aromatic heterocycles. The zero-order valence-corrected chi connectivity index (χ0v) is 9.98. The van der Waals surface area contributed by atoms with E-state index in [-0.39, 0.29) is 16.7 Å². The highest BCUT2D eigenvalue weighted by Crippen LogP contribution is 2.19. The quantitative estimate of drug-likeness (QED) is 0.649. The summed E-state index contributed by atoms with van der Waals surface area (Å²) in [4.78, 5) is 13.3.